The fraction of sp³-hybridized carbons (Fsp3) is 0.273. The molecule has 1 unspecified atom stereocenters. The summed E-state index contributed by atoms with van der Waals surface area (Å²) in [5, 5.41) is 3.46. The second kappa shape index (κ2) is 10.5. The SMILES string of the molecule is C=CCNC(=O)C(c1ccccc1)N(Cc1ccc(Cl)cc1)C(=O)CCC. The summed E-state index contributed by atoms with van der Waals surface area (Å²) >= 11 is 5.97. The van der Waals surface area contributed by atoms with Crippen LogP contribution in [0.1, 0.15) is 36.9 Å². The minimum Gasteiger partial charge on any atom is -0.351 e. The van der Waals surface area contributed by atoms with Crippen LogP contribution in [0.2, 0.25) is 5.02 Å². The van der Waals surface area contributed by atoms with Crippen molar-refractivity contribution < 1.29 is 9.59 Å². The number of halogens is 1. The van der Waals surface area contributed by atoms with Crippen LogP contribution in [-0.2, 0) is 16.1 Å². The van der Waals surface area contributed by atoms with Gasteiger partial charge >= 0.3 is 0 Å². The second-order valence-corrected chi connectivity index (χ2v) is 6.68. The summed E-state index contributed by atoms with van der Waals surface area (Å²) in [6, 6.07) is 16.0. The van der Waals surface area contributed by atoms with Crippen LogP contribution in [0.3, 0.4) is 0 Å². The van der Waals surface area contributed by atoms with Gasteiger partial charge in [-0.25, -0.2) is 0 Å². The van der Waals surface area contributed by atoms with Crippen molar-refractivity contribution in [1.82, 2.24) is 10.2 Å². The summed E-state index contributed by atoms with van der Waals surface area (Å²) in [6.07, 6.45) is 2.72. The molecular weight excluding hydrogens is 360 g/mol. The lowest BCUT2D eigenvalue weighted by Gasteiger charge is -2.31. The Morgan fingerprint density at radius 1 is 1.15 bits per heavy atom. The molecular formula is C22H25ClN2O2. The molecule has 0 aliphatic heterocycles. The molecule has 1 atom stereocenters. The van der Waals surface area contributed by atoms with Crippen molar-refractivity contribution in [3.63, 3.8) is 0 Å². The summed E-state index contributed by atoms with van der Waals surface area (Å²) in [4.78, 5) is 27.5. The van der Waals surface area contributed by atoms with E-state index in [2.05, 4.69) is 11.9 Å². The largest absolute Gasteiger partial charge is 0.351 e. The Hall–Kier alpha value is -2.59. The number of rotatable bonds is 9. The molecule has 27 heavy (non-hydrogen) atoms. The van der Waals surface area contributed by atoms with Crippen molar-refractivity contribution in [3.8, 4) is 0 Å². The molecule has 0 spiro atoms. The number of amides is 2. The average Bonchev–Trinajstić information content (AvgIpc) is 2.68. The van der Waals surface area contributed by atoms with Gasteiger partial charge in [0.05, 0.1) is 0 Å². The first-order valence-electron chi connectivity index (χ1n) is 9.04. The zero-order chi connectivity index (χ0) is 19.6. The van der Waals surface area contributed by atoms with Gasteiger partial charge in [0.1, 0.15) is 6.04 Å². The first-order chi connectivity index (χ1) is 13.1. The van der Waals surface area contributed by atoms with E-state index in [1.54, 1.807) is 23.1 Å². The Kier molecular flexibility index (Phi) is 8.08. The molecule has 142 valence electrons. The lowest BCUT2D eigenvalue weighted by molar-refractivity contribution is -0.141. The van der Waals surface area contributed by atoms with Gasteiger partial charge in [0.2, 0.25) is 11.8 Å². The van der Waals surface area contributed by atoms with Crippen molar-refractivity contribution in [3.05, 3.63) is 83.4 Å². The molecule has 0 radical (unpaired) electrons. The number of nitrogens with one attached hydrogen (secondary N) is 1. The molecule has 0 bridgehead atoms. The predicted octanol–water partition coefficient (Wildman–Crippen LogP) is 4.51. The van der Waals surface area contributed by atoms with Crippen LogP contribution in [0, 0.1) is 0 Å². The lowest BCUT2D eigenvalue weighted by Crippen LogP contribution is -2.43. The Bertz CT molecular complexity index is 760. The molecule has 4 nitrogen and oxygen atoms in total. The fourth-order valence-corrected chi connectivity index (χ4v) is 2.97. The van der Waals surface area contributed by atoms with E-state index in [1.807, 2.05) is 49.4 Å². The van der Waals surface area contributed by atoms with Gasteiger partial charge in [-0.1, -0.05) is 67.1 Å². The number of hydrogen-bond donors (Lipinski definition) is 1. The molecule has 5 heteroatoms. The first-order valence-corrected chi connectivity index (χ1v) is 9.42. The molecule has 0 fully saturated rings. The Morgan fingerprint density at radius 2 is 1.81 bits per heavy atom. The molecule has 2 rings (SSSR count). The van der Waals surface area contributed by atoms with Gasteiger partial charge in [-0.3, -0.25) is 9.59 Å². The number of benzene rings is 2. The van der Waals surface area contributed by atoms with Crippen LogP contribution in [0.5, 0.6) is 0 Å². The van der Waals surface area contributed by atoms with E-state index in [4.69, 9.17) is 11.6 Å². The number of carbonyl (C=O) groups is 2. The maximum atomic E-state index is 12.9. The maximum absolute atomic E-state index is 12.9. The Labute approximate surface area is 165 Å². The third-order valence-electron chi connectivity index (χ3n) is 4.15. The van der Waals surface area contributed by atoms with Crippen LogP contribution >= 0.6 is 11.6 Å². The highest BCUT2D eigenvalue weighted by Crippen LogP contribution is 2.25. The Balaban J connectivity index is 2.41. The van der Waals surface area contributed by atoms with Gasteiger partial charge in [-0.05, 0) is 29.7 Å². The standard InChI is InChI=1S/C22H25ClN2O2/c1-3-8-20(26)25(16-17-11-13-19(23)14-12-17)21(22(27)24-15-4-2)18-9-6-5-7-10-18/h4-7,9-14,21H,2-3,8,15-16H2,1H3,(H,24,27). The molecule has 2 aromatic carbocycles. The van der Waals surface area contributed by atoms with E-state index in [-0.39, 0.29) is 11.8 Å². The van der Waals surface area contributed by atoms with Crippen molar-refractivity contribution >= 4 is 23.4 Å². The van der Waals surface area contributed by atoms with E-state index in [1.165, 1.54) is 0 Å². The van der Waals surface area contributed by atoms with Crippen molar-refractivity contribution in [2.24, 2.45) is 0 Å². The van der Waals surface area contributed by atoms with Crippen molar-refractivity contribution in [2.75, 3.05) is 6.54 Å². The maximum Gasteiger partial charge on any atom is 0.247 e. The lowest BCUT2D eigenvalue weighted by atomic mass is 10.0. The summed E-state index contributed by atoms with van der Waals surface area (Å²) in [7, 11) is 0. The molecule has 0 aliphatic rings. The summed E-state index contributed by atoms with van der Waals surface area (Å²) in [5.41, 5.74) is 1.69. The molecule has 2 amide bonds. The predicted molar refractivity (Wildman–Crippen MR) is 109 cm³/mol. The summed E-state index contributed by atoms with van der Waals surface area (Å²) < 4.78 is 0. The topological polar surface area (TPSA) is 49.4 Å². The third-order valence-corrected chi connectivity index (χ3v) is 4.40. The van der Waals surface area contributed by atoms with E-state index >= 15 is 0 Å². The van der Waals surface area contributed by atoms with Gasteiger partial charge in [0.25, 0.3) is 0 Å². The number of nitrogens with zero attached hydrogens (tertiary/aromatic N) is 1. The van der Waals surface area contributed by atoms with Crippen LogP contribution in [0.15, 0.2) is 67.3 Å². The molecule has 1 N–H and O–H groups in total. The molecule has 0 heterocycles. The third kappa shape index (κ3) is 5.97. The molecule has 0 saturated heterocycles. The molecule has 0 aromatic heterocycles. The van der Waals surface area contributed by atoms with Crippen LogP contribution in [0.4, 0.5) is 0 Å². The van der Waals surface area contributed by atoms with Crippen LogP contribution in [0.25, 0.3) is 0 Å². The fourth-order valence-electron chi connectivity index (χ4n) is 2.85. The zero-order valence-corrected chi connectivity index (χ0v) is 16.3. The van der Waals surface area contributed by atoms with Crippen LogP contribution < -0.4 is 5.32 Å². The Morgan fingerprint density at radius 3 is 2.41 bits per heavy atom. The number of carbonyl (C=O) groups excluding carboxylic acids is 2. The molecule has 0 aliphatic carbocycles. The van der Waals surface area contributed by atoms with Gasteiger partial charge in [-0.15, -0.1) is 6.58 Å². The summed E-state index contributed by atoms with van der Waals surface area (Å²) in [5.74, 6) is -0.283. The van der Waals surface area contributed by atoms with Gasteiger partial charge in [-0.2, -0.15) is 0 Å². The quantitative estimate of drug-likeness (QED) is 0.646. The number of hydrogen-bond acceptors (Lipinski definition) is 2. The van der Waals surface area contributed by atoms with E-state index in [0.717, 1.165) is 11.1 Å². The molecule has 2 aromatic rings. The van der Waals surface area contributed by atoms with Gasteiger partial charge in [0.15, 0.2) is 0 Å². The highest BCUT2D eigenvalue weighted by molar-refractivity contribution is 6.30. The van der Waals surface area contributed by atoms with E-state index < -0.39 is 6.04 Å². The van der Waals surface area contributed by atoms with E-state index in [0.29, 0.717) is 31.0 Å². The normalized spacial score (nSPS) is 11.5. The first kappa shape index (κ1) is 20.7. The smallest absolute Gasteiger partial charge is 0.247 e. The van der Waals surface area contributed by atoms with E-state index in [9.17, 15) is 9.59 Å². The minimum absolute atomic E-state index is 0.0601. The highest BCUT2D eigenvalue weighted by atomic mass is 35.5. The summed E-state index contributed by atoms with van der Waals surface area (Å²) in [6.45, 7) is 6.27. The highest BCUT2D eigenvalue weighted by Gasteiger charge is 2.30. The minimum atomic E-state index is -0.708. The molecule has 0 saturated carbocycles. The van der Waals surface area contributed by atoms with Crippen molar-refractivity contribution in [2.45, 2.75) is 32.4 Å². The zero-order valence-electron chi connectivity index (χ0n) is 15.5. The average molecular weight is 385 g/mol. The monoisotopic (exact) mass is 384 g/mol. The second-order valence-electron chi connectivity index (χ2n) is 6.25. The van der Waals surface area contributed by atoms with Crippen LogP contribution in [-0.4, -0.2) is 23.3 Å². The van der Waals surface area contributed by atoms with Gasteiger partial charge in [0, 0.05) is 24.5 Å². The van der Waals surface area contributed by atoms with Crippen molar-refractivity contribution in [1.29, 1.82) is 0 Å². The van der Waals surface area contributed by atoms with Gasteiger partial charge < -0.3 is 10.2 Å².